The van der Waals surface area contributed by atoms with E-state index < -0.39 is 21.7 Å². The fourth-order valence-corrected chi connectivity index (χ4v) is 3.50. The first kappa shape index (κ1) is 16.8. The summed E-state index contributed by atoms with van der Waals surface area (Å²) < 4.78 is 33.9. The van der Waals surface area contributed by atoms with Crippen molar-refractivity contribution >= 4 is 32.7 Å². The van der Waals surface area contributed by atoms with Gasteiger partial charge in [0.1, 0.15) is 0 Å². The molecule has 0 unspecified atom stereocenters. The first-order valence-electron chi connectivity index (χ1n) is 7.38. The normalized spacial score (nSPS) is 11.6. The smallest absolute Gasteiger partial charge is 0.408 e. The number of anilines is 1. The first-order valence-corrected chi connectivity index (χ1v) is 8.86. The number of oxazole rings is 1. The number of nitrogens with zero attached hydrogens (tertiary/aromatic N) is 1. The molecule has 0 fully saturated rings. The number of sulfonamides is 1. The number of hydrogen-bond donors (Lipinski definition) is 2. The number of nitrogens with one attached hydrogen (secondary N) is 1. The monoisotopic (exact) mass is 361 g/mol. The Morgan fingerprint density at radius 1 is 1.20 bits per heavy atom. The maximum atomic E-state index is 12.5. The molecule has 0 aliphatic rings. The molecular formula is C16H15N3O5S. The largest absolute Gasteiger partial charge is 0.419 e. The van der Waals surface area contributed by atoms with E-state index in [2.05, 4.69) is 4.72 Å². The highest BCUT2D eigenvalue weighted by Gasteiger charge is 2.17. The summed E-state index contributed by atoms with van der Waals surface area (Å²) >= 11 is 0. The summed E-state index contributed by atoms with van der Waals surface area (Å²) in [6.07, 6.45) is 0. The molecule has 1 heterocycles. The minimum absolute atomic E-state index is 0.0454. The summed E-state index contributed by atoms with van der Waals surface area (Å²) in [5.41, 5.74) is 6.41. The molecule has 3 rings (SSSR count). The molecular weight excluding hydrogens is 346 g/mol. The SMILES string of the molecule is CCn1c(=O)oc2cc(S(=O)(=O)Nc3ccc(C(N)=O)cc3)ccc21. The predicted octanol–water partition coefficient (Wildman–Crippen LogP) is 1.51. The third kappa shape index (κ3) is 3.13. The third-order valence-corrected chi connectivity index (χ3v) is 5.07. The minimum Gasteiger partial charge on any atom is -0.408 e. The molecule has 0 aliphatic heterocycles. The Balaban J connectivity index is 1.95. The van der Waals surface area contributed by atoms with Crippen molar-refractivity contribution < 1.29 is 17.6 Å². The number of hydrogen-bond acceptors (Lipinski definition) is 5. The average molecular weight is 361 g/mol. The van der Waals surface area contributed by atoms with Crippen molar-refractivity contribution in [1.29, 1.82) is 0 Å². The number of amides is 1. The molecule has 0 saturated carbocycles. The fraction of sp³-hybridized carbons (Fsp3) is 0.125. The van der Waals surface area contributed by atoms with Gasteiger partial charge in [0.05, 0.1) is 10.4 Å². The molecule has 0 atom stereocenters. The number of primary amides is 1. The van der Waals surface area contributed by atoms with Crippen LogP contribution in [0.4, 0.5) is 5.69 Å². The number of aryl methyl sites for hydroxylation is 1. The summed E-state index contributed by atoms with van der Waals surface area (Å²) in [4.78, 5) is 22.7. The van der Waals surface area contributed by atoms with Crippen LogP contribution in [0.3, 0.4) is 0 Å². The summed E-state index contributed by atoms with van der Waals surface area (Å²) in [6, 6.07) is 9.92. The fourth-order valence-electron chi connectivity index (χ4n) is 2.43. The van der Waals surface area contributed by atoms with E-state index in [0.717, 1.165) is 0 Å². The lowest BCUT2D eigenvalue weighted by molar-refractivity contribution is 0.100. The molecule has 1 amide bonds. The molecule has 0 radical (unpaired) electrons. The average Bonchev–Trinajstić information content (AvgIpc) is 2.89. The summed E-state index contributed by atoms with van der Waals surface area (Å²) in [7, 11) is -3.89. The topological polar surface area (TPSA) is 124 Å². The Morgan fingerprint density at radius 2 is 1.88 bits per heavy atom. The van der Waals surface area contributed by atoms with E-state index in [-0.39, 0.29) is 21.7 Å². The van der Waals surface area contributed by atoms with E-state index in [0.29, 0.717) is 12.1 Å². The van der Waals surface area contributed by atoms with Crippen molar-refractivity contribution in [2.45, 2.75) is 18.4 Å². The van der Waals surface area contributed by atoms with Gasteiger partial charge in [-0.15, -0.1) is 0 Å². The molecule has 0 aliphatic carbocycles. The molecule has 3 N–H and O–H groups in total. The standard InChI is InChI=1S/C16H15N3O5S/c1-2-19-13-8-7-12(9-14(13)24-16(19)21)25(22,23)18-11-5-3-10(4-6-11)15(17)20/h3-9,18H,2H2,1H3,(H2,17,20). The van der Waals surface area contributed by atoms with E-state index in [4.69, 9.17) is 10.2 Å². The Labute approximate surface area is 142 Å². The summed E-state index contributed by atoms with van der Waals surface area (Å²) in [5.74, 6) is -1.14. The lowest BCUT2D eigenvalue weighted by atomic mass is 10.2. The van der Waals surface area contributed by atoms with Gasteiger partial charge in [0.2, 0.25) is 5.91 Å². The molecule has 0 spiro atoms. The number of carbonyl (C=O) groups excluding carboxylic acids is 1. The van der Waals surface area contributed by atoms with Crippen LogP contribution in [-0.4, -0.2) is 18.9 Å². The lowest BCUT2D eigenvalue weighted by Crippen LogP contribution is -2.14. The lowest BCUT2D eigenvalue weighted by Gasteiger charge is -2.08. The van der Waals surface area contributed by atoms with Crippen LogP contribution in [0.25, 0.3) is 11.1 Å². The predicted molar refractivity (Wildman–Crippen MR) is 91.9 cm³/mol. The number of aromatic nitrogens is 1. The number of rotatable bonds is 5. The second kappa shape index (κ2) is 6.10. The van der Waals surface area contributed by atoms with E-state index in [1.165, 1.54) is 47.0 Å². The molecule has 3 aromatic rings. The Morgan fingerprint density at radius 3 is 2.48 bits per heavy atom. The highest BCUT2D eigenvalue weighted by Crippen LogP contribution is 2.21. The molecule has 8 nitrogen and oxygen atoms in total. The second-order valence-electron chi connectivity index (χ2n) is 5.29. The number of fused-ring (bicyclic) bond motifs is 1. The molecule has 0 saturated heterocycles. The van der Waals surface area contributed by atoms with Crippen molar-refractivity contribution in [2.24, 2.45) is 5.73 Å². The van der Waals surface area contributed by atoms with E-state index in [1.807, 2.05) is 0 Å². The summed E-state index contributed by atoms with van der Waals surface area (Å²) in [6.45, 7) is 2.21. The van der Waals surface area contributed by atoms with Crippen LogP contribution < -0.4 is 16.2 Å². The van der Waals surface area contributed by atoms with Gasteiger partial charge in [-0.2, -0.15) is 0 Å². The zero-order valence-corrected chi connectivity index (χ0v) is 14.0. The third-order valence-electron chi connectivity index (χ3n) is 3.69. The molecule has 0 bridgehead atoms. The van der Waals surface area contributed by atoms with Gasteiger partial charge < -0.3 is 10.2 Å². The van der Waals surface area contributed by atoms with Crippen LogP contribution in [-0.2, 0) is 16.6 Å². The maximum absolute atomic E-state index is 12.5. The number of nitrogens with two attached hydrogens (primary N) is 1. The highest BCUT2D eigenvalue weighted by atomic mass is 32.2. The van der Waals surface area contributed by atoms with Gasteiger partial charge in [-0.25, -0.2) is 13.2 Å². The van der Waals surface area contributed by atoms with Gasteiger partial charge in [-0.3, -0.25) is 14.1 Å². The van der Waals surface area contributed by atoms with Crippen LogP contribution in [0.5, 0.6) is 0 Å². The van der Waals surface area contributed by atoms with Crippen molar-refractivity contribution in [3.8, 4) is 0 Å². The van der Waals surface area contributed by atoms with Gasteiger partial charge in [0.25, 0.3) is 10.0 Å². The molecule has 2 aromatic carbocycles. The molecule has 1 aromatic heterocycles. The number of benzene rings is 2. The van der Waals surface area contributed by atoms with Gasteiger partial charge in [-0.1, -0.05) is 0 Å². The van der Waals surface area contributed by atoms with Crippen LogP contribution in [0.15, 0.2) is 56.6 Å². The van der Waals surface area contributed by atoms with Gasteiger partial charge in [0.15, 0.2) is 5.58 Å². The van der Waals surface area contributed by atoms with E-state index >= 15 is 0 Å². The van der Waals surface area contributed by atoms with Crippen LogP contribution in [0, 0.1) is 0 Å². The second-order valence-corrected chi connectivity index (χ2v) is 6.97. The highest BCUT2D eigenvalue weighted by molar-refractivity contribution is 7.92. The van der Waals surface area contributed by atoms with Gasteiger partial charge in [-0.05, 0) is 43.3 Å². The van der Waals surface area contributed by atoms with Gasteiger partial charge in [0, 0.05) is 23.9 Å². The minimum atomic E-state index is -3.89. The Kier molecular flexibility index (Phi) is 4.09. The van der Waals surface area contributed by atoms with E-state index in [1.54, 1.807) is 6.92 Å². The van der Waals surface area contributed by atoms with Crippen molar-refractivity contribution in [3.05, 3.63) is 58.6 Å². The van der Waals surface area contributed by atoms with Crippen LogP contribution in [0.2, 0.25) is 0 Å². The summed E-state index contributed by atoms with van der Waals surface area (Å²) in [5, 5.41) is 0. The van der Waals surface area contributed by atoms with Crippen LogP contribution in [0.1, 0.15) is 17.3 Å². The molecule has 9 heteroatoms. The molecule has 130 valence electrons. The maximum Gasteiger partial charge on any atom is 0.419 e. The van der Waals surface area contributed by atoms with Crippen LogP contribution >= 0.6 is 0 Å². The zero-order valence-electron chi connectivity index (χ0n) is 13.2. The van der Waals surface area contributed by atoms with Crippen molar-refractivity contribution in [3.63, 3.8) is 0 Å². The Hall–Kier alpha value is -3.07. The quantitative estimate of drug-likeness (QED) is 0.713. The number of carbonyl (C=O) groups is 1. The van der Waals surface area contributed by atoms with E-state index in [9.17, 15) is 18.0 Å². The Bertz CT molecular complexity index is 1110. The van der Waals surface area contributed by atoms with Gasteiger partial charge >= 0.3 is 5.76 Å². The first-order chi connectivity index (χ1) is 11.8. The van der Waals surface area contributed by atoms with Crippen molar-refractivity contribution in [2.75, 3.05) is 4.72 Å². The van der Waals surface area contributed by atoms with Crippen molar-refractivity contribution in [1.82, 2.24) is 4.57 Å². The zero-order chi connectivity index (χ0) is 18.2. The molecule has 25 heavy (non-hydrogen) atoms.